The minimum atomic E-state index is -0.129. The number of thioether (sulfide) groups is 1. The third kappa shape index (κ3) is 7.57. The second kappa shape index (κ2) is 12.1. The second-order valence-electron chi connectivity index (χ2n) is 7.54. The van der Waals surface area contributed by atoms with Crippen LogP contribution in [0.5, 0.6) is 0 Å². The van der Waals surface area contributed by atoms with Gasteiger partial charge in [-0.1, -0.05) is 60.4 Å². The summed E-state index contributed by atoms with van der Waals surface area (Å²) in [5, 5.41) is 2.94. The third-order valence-corrected chi connectivity index (χ3v) is 6.44. The number of nitrogens with one attached hydrogen (secondary N) is 1. The summed E-state index contributed by atoms with van der Waals surface area (Å²) in [5.41, 5.74) is 2.06. The summed E-state index contributed by atoms with van der Waals surface area (Å²) in [6, 6.07) is 9.96. The fourth-order valence-corrected chi connectivity index (χ4v) is 4.77. The van der Waals surface area contributed by atoms with Crippen LogP contribution in [0.2, 0.25) is 0 Å². The van der Waals surface area contributed by atoms with E-state index in [1.807, 2.05) is 49.4 Å². The first kappa shape index (κ1) is 23.7. The molecule has 3 rings (SSSR count). The maximum atomic E-state index is 12.7. The molecular formula is C23H29N3O3S2. The van der Waals surface area contributed by atoms with Gasteiger partial charge < -0.3 is 10.1 Å². The molecule has 1 aromatic rings. The minimum absolute atomic E-state index is 0.0554. The van der Waals surface area contributed by atoms with Gasteiger partial charge in [-0.3, -0.25) is 19.4 Å². The first-order valence-electron chi connectivity index (χ1n) is 10.6. The van der Waals surface area contributed by atoms with Crippen LogP contribution in [0.3, 0.4) is 0 Å². The molecule has 2 aliphatic heterocycles. The SMILES string of the molecule is CC(=C\c1ccccc1)/C=C1/SC(=S)N(CCC(=O)NCCCN2CCOCC2)C1=O. The van der Waals surface area contributed by atoms with Gasteiger partial charge in [0.25, 0.3) is 5.91 Å². The van der Waals surface area contributed by atoms with E-state index in [2.05, 4.69) is 10.2 Å². The van der Waals surface area contributed by atoms with E-state index in [0.29, 0.717) is 22.3 Å². The van der Waals surface area contributed by atoms with E-state index in [0.717, 1.165) is 50.4 Å². The van der Waals surface area contributed by atoms with E-state index in [1.165, 1.54) is 16.7 Å². The number of allylic oxidation sites excluding steroid dienone is 2. The molecule has 6 nitrogen and oxygen atoms in total. The fourth-order valence-electron chi connectivity index (χ4n) is 3.41. The Kier molecular flexibility index (Phi) is 9.27. The van der Waals surface area contributed by atoms with Crippen molar-refractivity contribution in [2.75, 3.05) is 45.9 Å². The predicted molar refractivity (Wildman–Crippen MR) is 130 cm³/mol. The van der Waals surface area contributed by atoms with Gasteiger partial charge in [-0.15, -0.1) is 0 Å². The predicted octanol–water partition coefficient (Wildman–Crippen LogP) is 3.06. The zero-order valence-corrected chi connectivity index (χ0v) is 19.5. The zero-order chi connectivity index (χ0) is 22.1. The van der Waals surface area contributed by atoms with Gasteiger partial charge in [0, 0.05) is 32.6 Å². The third-order valence-electron chi connectivity index (χ3n) is 5.07. The number of carbonyl (C=O) groups excluding carboxylic acids is 2. The molecule has 8 heteroatoms. The maximum absolute atomic E-state index is 12.7. The second-order valence-corrected chi connectivity index (χ2v) is 9.22. The van der Waals surface area contributed by atoms with Crippen LogP contribution in [0.25, 0.3) is 6.08 Å². The highest BCUT2D eigenvalue weighted by atomic mass is 32.2. The highest BCUT2D eigenvalue weighted by Gasteiger charge is 2.32. The monoisotopic (exact) mass is 459 g/mol. The Morgan fingerprint density at radius 1 is 1.23 bits per heavy atom. The number of morpholine rings is 1. The minimum Gasteiger partial charge on any atom is -0.379 e. The van der Waals surface area contributed by atoms with E-state index in [-0.39, 0.29) is 18.2 Å². The van der Waals surface area contributed by atoms with Gasteiger partial charge >= 0.3 is 0 Å². The lowest BCUT2D eigenvalue weighted by atomic mass is 10.1. The van der Waals surface area contributed by atoms with E-state index in [1.54, 1.807) is 0 Å². The average molecular weight is 460 g/mol. The lowest BCUT2D eigenvalue weighted by molar-refractivity contribution is -0.123. The highest BCUT2D eigenvalue weighted by molar-refractivity contribution is 8.26. The molecule has 2 aliphatic rings. The number of ether oxygens (including phenoxy) is 1. The van der Waals surface area contributed by atoms with Crippen molar-refractivity contribution in [1.82, 2.24) is 15.1 Å². The summed E-state index contributed by atoms with van der Waals surface area (Å²) in [5.74, 6) is -0.184. The van der Waals surface area contributed by atoms with Crippen LogP contribution < -0.4 is 5.32 Å². The first-order chi connectivity index (χ1) is 15.0. The fraction of sp³-hybridized carbons (Fsp3) is 0.435. The van der Waals surface area contributed by atoms with Crippen LogP contribution in [-0.4, -0.2) is 71.9 Å². The van der Waals surface area contributed by atoms with Crippen LogP contribution in [0.15, 0.2) is 46.9 Å². The van der Waals surface area contributed by atoms with Crippen LogP contribution in [0, 0.1) is 0 Å². The average Bonchev–Trinajstić information content (AvgIpc) is 3.03. The quantitative estimate of drug-likeness (QED) is 0.348. The summed E-state index contributed by atoms with van der Waals surface area (Å²) in [6.07, 6.45) is 5.04. The van der Waals surface area contributed by atoms with E-state index in [4.69, 9.17) is 17.0 Å². The zero-order valence-electron chi connectivity index (χ0n) is 17.8. The van der Waals surface area contributed by atoms with Gasteiger partial charge in [0.2, 0.25) is 5.91 Å². The standard InChI is InChI=1S/C23H29N3O3S2/c1-18(16-19-6-3-2-4-7-19)17-20-22(28)26(23(30)31-20)11-8-21(27)24-9-5-10-25-12-14-29-15-13-25/h2-4,6-7,16-17H,5,8-15H2,1H3,(H,24,27)/b18-16+,20-17+. The Bertz CT molecular complexity index is 849. The molecular weight excluding hydrogens is 430 g/mol. The van der Waals surface area contributed by atoms with Gasteiger partial charge in [-0.05, 0) is 37.1 Å². The molecule has 0 bridgehead atoms. The lowest BCUT2D eigenvalue weighted by Crippen LogP contribution is -2.38. The first-order valence-corrected chi connectivity index (χ1v) is 11.8. The molecule has 2 amide bonds. The number of nitrogens with zero attached hydrogens (tertiary/aromatic N) is 2. The molecule has 0 spiro atoms. The number of thiocarbonyl (C=S) groups is 1. The lowest BCUT2D eigenvalue weighted by Gasteiger charge is -2.26. The summed E-state index contributed by atoms with van der Waals surface area (Å²) in [7, 11) is 0. The number of rotatable bonds is 9. The molecule has 166 valence electrons. The molecule has 2 fully saturated rings. The van der Waals surface area contributed by atoms with Crippen LogP contribution >= 0.6 is 24.0 Å². The Morgan fingerprint density at radius 2 is 1.97 bits per heavy atom. The molecule has 0 atom stereocenters. The van der Waals surface area contributed by atoms with Gasteiger partial charge in [0.05, 0.1) is 18.1 Å². The maximum Gasteiger partial charge on any atom is 0.266 e. The Labute approximate surface area is 193 Å². The molecule has 0 saturated carbocycles. The van der Waals surface area contributed by atoms with Crippen molar-refractivity contribution >= 4 is 46.2 Å². The Balaban J connectivity index is 1.42. The molecule has 0 unspecified atom stereocenters. The van der Waals surface area contributed by atoms with Crippen LogP contribution in [0.4, 0.5) is 0 Å². The van der Waals surface area contributed by atoms with Gasteiger partial charge in [0.15, 0.2) is 0 Å². The Hall–Kier alpha value is -2.00. The van der Waals surface area contributed by atoms with Crippen molar-refractivity contribution in [3.63, 3.8) is 0 Å². The molecule has 0 aliphatic carbocycles. The normalized spacial score (nSPS) is 19.3. The molecule has 1 N–H and O–H groups in total. The molecule has 1 aromatic carbocycles. The van der Waals surface area contributed by atoms with Crippen LogP contribution in [-0.2, 0) is 14.3 Å². The molecule has 0 aromatic heterocycles. The van der Waals surface area contributed by atoms with Crippen molar-refractivity contribution in [2.24, 2.45) is 0 Å². The highest BCUT2D eigenvalue weighted by Crippen LogP contribution is 2.32. The molecule has 0 radical (unpaired) electrons. The summed E-state index contributed by atoms with van der Waals surface area (Å²) < 4.78 is 5.84. The van der Waals surface area contributed by atoms with Crippen molar-refractivity contribution in [3.05, 3.63) is 52.4 Å². The van der Waals surface area contributed by atoms with E-state index >= 15 is 0 Å². The number of hydrogen-bond acceptors (Lipinski definition) is 6. The Morgan fingerprint density at radius 3 is 2.71 bits per heavy atom. The van der Waals surface area contributed by atoms with E-state index < -0.39 is 0 Å². The summed E-state index contributed by atoms with van der Waals surface area (Å²) >= 11 is 6.66. The number of benzene rings is 1. The summed E-state index contributed by atoms with van der Waals surface area (Å²) in [6.45, 7) is 7.34. The largest absolute Gasteiger partial charge is 0.379 e. The molecule has 2 heterocycles. The van der Waals surface area contributed by atoms with Crippen molar-refractivity contribution in [3.8, 4) is 0 Å². The molecule has 31 heavy (non-hydrogen) atoms. The smallest absolute Gasteiger partial charge is 0.266 e. The van der Waals surface area contributed by atoms with Gasteiger partial charge in [-0.25, -0.2) is 0 Å². The van der Waals surface area contributed by atoms with Crippen molar-refractivity contribution < 1.29 is 14.3 Å². The number of amides is 2. The molecule has 2 saturated heterocycles. The topological polar surface area (TPSA) is 61.9 Å². The van der Waals surface area contributed by atoms with E-state index in [9.17, 15) is 9.59 Å². The number of hydrogen-bond donors (Lipinski definition) is 1. The summed E-state index contributed by atoms with van der Waals surface area (Å²) in [4.78, 5) is 29.4. The van der Waals surface area contributed by atoms with Crippen molar-refractivity contribution in [1.29, 1.82) is 0 Å². The van der Waals surface area contributed by atoms with Gasteiger partial charge in [0.1, 0.15) is 4.32 Å². The van der Waals surface area contributed by atoms with Gasteiger partial charge in [-0.2, -0.15) is 0 Å². The number of carbonyl (C=O) groups is 2. The van der Waals surface area contributed by atoms with Crippen LogP contribution in [0.1, 0.15) is 25.3 Å². The van der Waals surface area contributed by atoms with Crippen molar-refractivity contribution in [2.45, 2.75) is 19.8 Å².